The maximum atomic E-state index is 15.6. The first kappa shape index (κ1) is 33.1. The molecule has 44 heavy (non-hydrogen) atoms. The molecular formula is C35H39ClFN3O4. The highest BCUT2D eigenvalue weighted by atomic mass is 35.5. The molecule has 0 aliphatic heterocycles. The van der Waals surface area contributed by atoms with Crippen LogP contribution in [0.3, 0.4) is 0 Å². The van der Waals surface area contributed by atoms with Gasteiger partial charge in [0.25, 0.3) is 0 Å². The molecule has 0 amide bonds. The Hall–Kier alpha value is -3.79. The molecule has 4 rings (SSSR count). The van der Waals surface area contributed by atoms with Crippen LogP contribution in [0, 0.1) is 13.8 Å². The van der Waals surface area contributed by atoms with Gasteiger partial charge in [0.05, 0.1) is 38.1 Å². The Balaban J connectivity index is 1.68. The van der Waals surface area contributed by atoms with Crippen molar-refractivity contribution in [3.8, 4) is 34.0 Å². The van der Waals surface area contributed by atoms with Gasteiger partial charge in [0.15, 0.2) is 0 Å². The number of ether oxygens (including phenoxy) is 2. The fourth-order valence-electron chi connectivity index (χ4n) is 5.08. The number of methoxy groups -OCH3 is 2. The zero-order valence-corrected chi connectivity index (χ0v) is 26.3. The largest absolute Gasteiger partial charge is 0.496 e. The maximum Gasteiger partial charge on any atom is 0.218 e. The molecule has 0 unspecified atom stereocenters. The number of hydrogen-bond acceptors (Lipinski definition) is 7. The van der Waals surface area contributed by atoms with E-state index in [1.54, 1.807) is 26.4 Å². The van der Waals surface area contributed by atoms with Crippen LogP contribution in [0.15, 0.2) is 60.7 Å². The fourth-order valence-corrected chi connectivity index (χ4v) is 5.41. The Morgan fingerprint density at radius 3 is 2.27 bits per heavy atom. The van der Waals surface area contributed by atoms with Gasteiger partial charge in [0.2, 0.25) is 5.88 Å². The molecule has 9 heteroatoms. The number of nitrogens with one attached hydrogen (secondary N) is 2. The summed E-state index contributed by atoms with van der Waals surface area (Å²) in [6.07, 6.45) is 1.52. The van der Waals surface area contributed by atoms with E-state index in [0.29, 0.717) is 54.1 Å². The van der Waals surface area contributed by atoms with Gasteiger partial charge in [0, 0.05) is 54.0 Å². The quantitative estimate of drug-likeness (QED) is 0.0967. The SMILES string of the molecule is COc1cc(/C(F)=C/c2cccc(-c3cccc(-c4cc(C)c(CNCCO)c(OC)n4)c3Cl)c2C)ccc1CNCCO. The van der Waals surface area contributed by atoms with Crippen molar-refractivity contribution in [3.05, 3.63) is 99.1 Å². The summed E-state index contributed by atoms with van der Waals surface area (Å²) in [7, 11) is 3.14. The molecule has 4 aromatic rings. The highest BCUT2D eigenvalue weighted by Gasteiger charge is 2.17. The number of pyridine rings is 1. The molecule has 1 aromatic heterocycles. The van der Waals surface area contributed by atoms with E-state index in [1.807, 2.05) is 62.4 Å². The Labute approximate surface area is 263 Å². The summed E-state index contributed by atoms with van der Waals surface area (Å²) >= 11 is 7.04. The number of rotatable bonds is 14. The van der Waals surface area contributed by atoms with Crippen molar-refractivity contribution in [3.63, 3.8) is 0 Å². The van der Waals surface area contributed by atoms with E-state index in [9.17, 15) is 0 Å². The second kappa shape index (κ2) is 15.8. The second-order valence-electron chi connectivity index (χ2n) is 10.3. The number of benzene rings is 3. The Morgan fingerprint density at radius 1 is 0.886 bits per heavy atom. The van der Waals surface area contributed by atoms with E-state index in [0.717, 1.165) is 44.5 Å². The molecule has 0 bridgehead atoms. The summed E-state index contributed by atoms with van der Waals surface area (Å²) in [5.74, 6) is 0.677. The highest BCUT2D eigenvalue weighted by molar-refractivity contribution is 6.36. The lowest BCUT2D eigenvalue weighted by molar-refractivity contribution is 0.291. The molecule has 0 atom stereocenters. The van der Waals surface area contributed by atoms with Crippen LogP contribution in [-0.2, 0) is 13.1 Å². The van der Waals surface area contributed by atoms with Gasteiger partial charge in [0.1, 0.15) is 11.6 Å². The lowest BCUT2D eigenvalue weighted by Crippen LogP contribution is -2.19. The first-order valence-electron chi connectivity index (χ1n) is 14.4. The standard InChI is InChI=1S/C35H39ClFN3O4/c1-22-17-32(40-35(44-4)30(22)21-39-14-16-42)29-10-6-9-28(34(29)36)27-8-5-7-24(23(27)2)18-31(37)25-11-12-26(20-38-13-15-41)33(19-25)43-3/h5-12,17-19,38-39,41-42H,13-16,20-21H2,1-4H3/b31-18-. The van der Waals surface area contributed by atoms with Crippen LogP contribution >= 0.6 is 11.6 Å². The molecule has 232 valence electrons. The minimum Gasteiger partial charge on any atom is -0.496 e. The average molecular weight is 620 g/mol. The molecule has 7 nitrogen and oxygen atoms in total. The second-order valence-corrected chi connectivity index (χ2v) is 10.7. The van der Waals surface area contributed by atoms with Crippen molar-refractivity contribution in [1.82, 2.24) is 15.6 Å². The van der Waals surface area contributed by atoms with Crippen LogP contribution in [0.25, 0.3) is 34.3 Å². The van der Waals surface area contributed by atoms with Gasteiger partial charge in [-0.25, -0.2) is 9.37 Å². The molecule has 0 aliphatic carbocycles. The van der Waals surface area contributed by atoms with Gasteiger partial charge in [-0.1, -0.05) is 60.1 Å². The van der Waals surface area contributed by atoms with Crippen molar-refractivity contribution in [1.29, 1.82) is 0 Å². The summed E-state index contributed by atoms with van der Waals surface area (Å²) in [5.41, 5.74) is 7.93. The number of nitrogens with zero attached hydrogens (tertiary/aromatic N) is 1. The van der Waals surface area contributed by atoms with Gasteiger partial charge in [-0.2, -0.15) is 0 Å². The summed E-state index contributed by atoms with van der Waals surface area (Å²) in [6, 6.07) is 18.7. The minimum atomic E-state index is -0.390. The van der Waals surface area contributed by atoms with Gasteiger partial charge < -0.3 is 30.3 Å². The maximum absolute atomic E-state index is 15.6. The third kappa shape index (κ3) is 7.64. The number of aliphatic hydroxyl groups excluding tert-OH is 2. The molecule has 1 heterocycles. The Bertz CT molecular complexity index is 1630. The zero-order valence-electron chi connectivity index (χ0n) is 25.5. The molecule has 0 radical (unpaired) electrons. The number of aryl methyl sites for hydroxylation is 1. The highest BCUT2D eigenvalue weighted by Crippen LogP contribution is 2.39. The summed E-state index contributed by atoms with van der Waals surface area (Å²) in [5, 5.41) is 25.0. The lowest BCUT2D eigenvalue weighted by atomic mass is 9.93. The Kier molecular flexibility index (Phi) is 11.9. The van der Waals surface area contributed by atoms with E-state index in [2.05, 4.69) is 10.6 Å². The number of aliphatic hydroxyl groups is 2. The van der Waals surface area contributed by atoms with E-state index >= 15 is 4.39 Å². The van der Waals surface area contributed by atoms with Crippen LogP contribution in [0.5, 0.6) is 11.6 Å². The molecule has 0 spiro atoms. The minimum absolute atomic E-state index is 0.0365. The van der Waals surface area contributed by atoms with Crippen LogP contribution in [0.1, 0.15) is 33.4 Å². The zero-order chi connectivity index (χ0) is 31.6. The van der Waals surface area contributed by atoms with Gasteiger partial charge in [-0.15, -0.1) is 0 Å². The van der Waals surface area contributed by atoms with E-state index in [4.69, 9.17) is 36.3 Å². The molecule has 0 fully saturated rings. The predicted octanol–water partition coefficient (Wildman–Crippen LogP) is 6.33. The average Bonchev–Trinajstić information content (AvgIpc) is 3.03. The molecule has 0 aliphatic rings. The first-order valence-corrected chi connectivity index (χ1v) is 14.8. The molecule has 0 saturated carbocycles. The number of halogens is 2. The topological polar surface area (TPSA) is 95.9 Å². The van der Waals surface area contributed by atoms with Gasteiger partial charge in [-0.3, -0.25) is 0 Å². The monoisotopic (exact) mass is 619 g/mol. The number of aromatic nitrogens is 1. The fraction of sp³-hybridized carbons (Fsp3) is 0.286. The van der Waals surface area contributed by atoms with E-state index < -0.39 is 5.83 Å². The molecule has 3 aromatic carbocycles. The van der Waals surface area contributed by atoms with Crippen LogP contribution in [0.2, 0.25) is 5.02 Å². The van der Waals surface area contributed by atoms with Crippen molar-refractivity contribution in [2.75, 3.05) is 40.5 Å². The van der Waals surface area contributed by atoms with Crippen LogP contribution in [-0.4, -0.2) is 55.7 Å². The van der Waals surface area contributed by atoms with Crippen LogP contribution in [0.4, 0.5) is 4.39 Å². The van der Waals surface area contributed by atoms with Crippen molar-refractivity contribution in [2.24, 2.45) is 0 Å². The van der Waals surface area contributed by atoms with E-state index in [1.165, 1.54) is 6.08 Å². The van der Waals surface area contributed by atoms with Gasteiger partial charge >= 0.3 is 0 Å². The number of hydrogen-bond donors (Lipinski definition) is 4. The summed E-state index contributed by atoms with van der Waals surface area (Å²) in [4.78, 5) is 4.76. The van der Waals surface area contributed by atoms with Crippen molar-refractivity contribution >= 4 is 23.5 Å². The van der Waals surface area contributed by atoms with E-state index in [-0.39, 0.29) is 13.2 Å². The molecular weight excluding hydrogens is 581 g/mol. The summed E-state index contributed by atoms with van der Waals surface area (Å²) in [6.45, 7) is 5.98. The van der Waals surface area contributed by atoms with Gasteiger partial charge in [-0.05, 0) is 54.3 Å². The van der Waals surface area contributed by atoms with Crippen molar-refractivity contribution in [2.45, 2.75) is 26.9 Å². The third-order valence-corrected chi connectivity index (χ3v) is 7.89. The molecule has 0 saturated heterocycles. The van der Waals surface area contributed by atoms with Crippen LogP contribution < -0.4 is 20.1 Å². The first-order chi connectivity index (χ1) is 21.3. The Morgan fingerprint density at radius 2 is 1.57 bits per heavy atom. The predicted molar refractivity (Wildman–Crippen MR) is 176 cm³/mol. The lowest BCUT2D eigenvalue weighted by Gasteiger charge is -2.16. The smallest absolute Gasteiger partial charge is 0.218 e. The van der Waals surface area contributed by atoms with Crippen molar-refractivity contribution < 1.29 is 24.1 Å². The molecule has 4 N–H and O–H groups in total. The normalized spacial score (nSPS) is 11.6. The third-order valence-electron chi connectivity index (χ3n) is 7.48. The summed E-state index contributed by atoms with van der Waals surface area (Å²) < 4.78 is 26.7.